The van der Waals surface area contributed by atoms with Gasteiger partial charge in [-0.05, 0) is 47.0 Å². The van der Waals surface area contributed by atoms with Gasteiger partial charge < -0.3 is 14.2 Å². The summed E-state index contributed by atoms with van der Waals surface area (Å²) >= 11 is 0. The highest BCUT2D eigenvalue weighted by Crippen LogP contribution is 2.45. The second-order valence-electron chi connectivity index (χ2n) is 7.98. The van der Waals surface area contributed by atoms with Crippen LogP contribution in [-0.4, -0.2) is 43.2 Å². The van der Waals surface area contributed by atoms with E-state index in [0.717, 1.165) is 42.8 Å². The number of carbonyl (C=O) groups is 1. The number of esters is 1. The molecule has 0 amide bonds. The zero-order valence-electron chi connectivity index (χ0n) is 15.3. The Hall–Kier alpha value is -2.18. The number of ether oxygens (including phenoxy) is 1. The van der Waals surface area contributed by atoms with E-state index in [9.17, 15) is 4.79 Å². The largest absolute Gasteiger partial charge is 0.460 e. The minimum Gasteiger partial charge on any atom is -0.460 e. The maximum Gasteiger partial charge on any atom is 0.311 e. The highest BCUT2D eigenvalue weighted by atomic mass is 16.6. The molecule has 0 aromatic carbocycles. The van der Waals surface area contributed by atoms with Crippen molar-refractivity contribution in [1.29, 1.82) is 0 Å². The first kappa shape index (κ1) is 16.3. The van der Waals surface area contributed by atoms with Crippen LogP contribution in [0.25, 0.3) is 11.2 Å². The number of carbonyl (C=O) groups excluding carboxylic acids is 1. The molecule has 2 aromatic heterocycles. The average Bonchev–Trinajstić information content (AvgIpc) is 3.24. The number of fused-ring (bicyclic) bond motifs is 3. The quantitative estimate of drug-likeness (QED) is 0.798. The molecule has 4 heterocycles. The van der Waals surface area contributed by atoms with Gasteiger partial charge >= 0.3 is 5.97 Å². The Kier molecular flexibility index (Phi) is 3.70. The molecular weight excluding hydrogens is 318 g/mol. The van der Waals surface area contributed by atoms with Crippen LogP contribution >= 0.6 is 0 Å². The third-order valence-corrected chi connectivity index (χ3v) is 5.21. The first-order valence-corrected chi connectivity index (χ1v) is 9.06. The van der Waals surface area contributed by atoms with Gasteiger partial charge in [0.15, 0.2) is 17.0 Å². The zero-order chi connectivity index (χ0) is 17.8. The van der Waals surface area contributed by atoms with Crippen molar-refractivity contribution in [2.45, 2.75) is 71.2 Å². The number of rotatable bonds is 3. The van der Waals surface area contributed by atoms with E-state index in [2.05, 4.69) is 26.8 Å². The molecule has 0 spiro atoms. The molecule has 2 saturated heterocycles. The Labute approximate surface area is 147 Å². The Balaban J connectivity index is 1.66. The van der Waals surface area contributed by atoms with E-state index < -0.39 is 5.60 Å². The van der Waals surface area contributed by atoms with E-state index in [4.69, 9.17) is 4.74 Å². The number of anilines is 1. The average molecular weight is 343 g/mol. The fraction of sp³-hybridized carbons (Fsp3) is 0.667. The van der Waals surface area contributed by atoms with Crippen LogP contribution in [0.15, 0.2) is 12.7 Å². The van der Waals surface area contributed by atoms with Gasteiger partial charge in [-0.15, -0.1) is 0 Å². The summed E-state index contributed by atoms with van der Waals surface area (Å²) in [6.45, 7) is 8.64. The topological polar surface area (TPSA) is 73.1 Å². The van der Waals surface area contributed by atoms with Crippen LogP contribution in [0.1, 0.15) is 47.0 Å². The van der Waals surface area contributed by atoms with Gasteiger partial charge in [-0.3, -0.25) is 4.79 Å². The molecule has 25 heavy (non-hydrogen) atoms. The maximum absolute atomic E-state index is 12.6. The van der Waals surface area contributed by atoms with Crippen molar-refractivity contribution in [3.05, 3.63) is 12.7 Å². The number of aryl methyl sites for hydroxylation is 1. The Morgan fingerprint density at radius 2 is 2.08 bits per heavy atom. The fourth-order valence-electron chi connectivity index (χ4n) is 4.24. The Morgan fingerprint density at radius 1 is 1.28 bits per heavy atom. The summed E-state index contributed by atoms with van der Waals surface area (Å²) in [4.78, 5) is 28.4. The van der Waals surface area contributed by atoms with Crippen LogP contribution < -0.4 is 4.90 Å². The molecule has 0 saturated carbocycles. The van der Waals surface area contributed by atoms with Gasteiger partial charge in [0, 0.05) is 18.6 Å². The second kappa shape index (κ2) is 5.68. The zero-order valence-corrected chi connectivity index (χ0v) is 15.3. The third-order valence-electron chi connectivity index (χ3n) is 5.21. The van der Waals surface area contributed by atoms with Crippen LogP contribution in [0.2, 0.25) is 0 Å². The van der Waals surface area contributed by atoms with Crippen LogP contribution in [0.4, 0.5) is 5.82 Å². The van der Waals surface area contributed by atoms with E-state index in [-0.39, 0.29) is 17.9 Å². The molecule has 0 N–H and O–H groups in total. The summed E-state index contributed by atoms with van der Waals surface area (Å²) in [7, 11) is 0. The Bertz CT molecular complexity index is 809. The molecule has 4 rings (SSSR count). The third kappa shape index (κ3) is 2.65. The summed E-state index contributed by atoms with van der Waals surface area (Å²) in [6, 6.07) is 0.470. The molecule has 0 unspecified atom stereocenters. The van der Waals surface area contributed by atoms with Gasteiger partial charge in [0.2, 0.25) is 0 Å². The van der Waals surface area contributed by atoms with Gasteiger partial charge in [-0.2, -0.15) is 0 Å². The van der Waals surface area contributed by atoms with Crippen molar-refractivity contribution in [2.24, 2.45) is 5.92 Å². The SMILES string of the molecule is CCn1cnc2c(N3[C@H]4CC[C@H]3[C@H](C(=O)OC(C)(C)C)C4)ncnc21. The second-order valence-corrected chi connectivity index (χ2v) is 7.98. The lowest BCUT2D eigenvalue weighted by Crippen LogP contribution is -2.37. The summed E-state index contributed by atoms with van der Waals surface area (Å²) < 4.78 is 7.67. The molecule has 2 aromatic rings. The van der Waals surface area contributed by atoms with E-state index in [1.165, 1.54) is 0 Å². The molecule has 0 radical (unpaired) electrons. The molecule has 2 bridgehead atoms. The van der Waals surface area contributed by atoms with Gasteiger partial charge in [0.25, 0.3) is 0 Å². The van der Waals surface area contributed by atoms with Crippen molar-refractivity contribution in [1.82, 2.24) is 19.5 Å². The fourth-order valence-corrected chi connectivity index (χ4v) is 4.24. The minimum absolute atomic E-state index is 0.0868. The Morgan fingerprint density at radius 3 is 2.80 bits per heavy atom. The van der Waals surface area contributed by atoms with Crippen LogP contribution in [-0.2, 0) is 16.1 Å². The molecule has 2 aliphatic heterocycles. The molecular formula is C18H25N5O2. The number of hydrogen-bond acceptors (Lipinski definition) is 6. The van der Waals surface area contributed by atoms with Crippen molar-refractivity contribution < 1.29 is 9.53 Å². The number of aromatic nitrogens is 4. The van der Waals surface area contributed by atoms with Gasteiger partial charge in [-0.1, -0.05) is 0 Å². The van der Waals surface area contributed by atoms with Crippen LogP contribution in [0.5, 0.6) is 0 Å². The van der Waals surface area contributed by atoms with E-state index in [1.54, 1.807) is 6.33 Å². The predicted octanol–water partition coefficient (Wildman–Crippen LogP) is 2.55. The molecule has 3 atom stereocenters. The standard InChI is InChI=1S/C18H25N5O2/c1-5-22-10-21-14-15(22)19-9-20-16(14)23-11-6-7-13(23)12(8-11)17(24)25-18(2,3)4/h9-13H,5-8H2,1-4H3/t11-,12+,13-/m0/s1. The molecule has 134 valence electrons. The van der Waals surface area contributed by atoms with Gasteiger partial charge in [0.1, 0.15) is 11.9 Å². The minimum atomic E-state index is -0.453. The summed E-state index contributed by atoms with van der Waals surface area (Å²) in [6.07, 6.45) is 6.33. The van der Waals surface area contributed by atoms with Gasteiger partial charge in [0.05, 0.1) is 12.2 Å². The molecule has 7 heteroatoms. The van der Waals surface area contributed by atoms with Crippen molar-refractivity contribution in [3.8, 4) is 0 Å². The number of hydrogen-bond donors (Lipinski definition) is 0. The lowest BCUT2D eigenvalue weighted by molar-refractivity contribution is -0.160. The van der Waals surface area contributed by atoms with E-state index in [1.807, 2.05) is 31.7 Å². The monoisotopic (exact) mass is 343 g/mol. The van der Waals surface area contributed by atoms with Crippen LogP contribution in [0, 0.1) is 5.92 Å². The lowest BCUT2D eigenvalue weighted by Gasteiger charge is -2.27. The van der Waals surface area contributed by atoms with E-state index in [0.29, 0.717) is 6.04 Å². The predicted molar refractivity (Wildman–Crippen MR) is 94.2 cm³/mol. The first-order valence-electron chi connectivity index (χ1n) is 9.06. The van der Waals surface area contributed by atoms with Crippen molar-refractivity contribution in [2.75, 3.05) is 4.90 Å². The lowest BCUT2D eigenvalue weighted by atomic mass is 9.89. The number of imidazole rings is 1. The molecule has 0 aliphatic carbocycles. The van der Waals surface area contributed by atoms with E-state index >= 15 is 0 Å². The van der Waals surface area contributed by atoms with Crippen molar-refractivity contribution >= 4 is 23.0 Å². The maximum atomic E-state index is 12.6. The molecule has 7 nitrogen and oxygen atoms in total. The smallest absolute Gasteiger partial charge is 0.311 e. The number of nitrogens with zero attached hydrogens (tertiary/aromatic N) is 5. The molecule has 2 fully saturated rings. The van der Waals surface area contributed by atoms with Gasteiger partial charge in [-0.25, -0.2) is 15.0 Å². The summed E-state index contributed by atoms with van der Waals surface area (Å²) in [5.74, 6) is 0.682. The van der Waals surface area contributed by atoms with Crippen LogP contribution in [0.3, 0.4) is 0 Å². The molecule has 2 aliphatic rings. The highest BCUT2D eigenvalue weighted by molar-refractivity contribution is 5.85. The first-order chi connectivity index (χ1) is 11.9. The summed E-state index contributed by atoms with van der Waals surface area (Å²) in [5.41, 5.74) is 1.23. The van der Waals surface area contributed by atoms with Crippen molar-refractivity contribution in [3.63, 3.8) is 0 Å². The highest BCUT2D eigenvalue weighted by Gasteiger charge is 2.51. The summed E-state index contributed by atoms with van der Waals surface area (Å²) in [5, 5.41) is 0. The normalized spacial score (nSPS) is 25.8.